The van der Waals surface area contributed by atoms with Crippen LogP contribution < -0.4 is 0 Å². The molecule has 0 amide bonds. The van der Waals surface area contributed by atoms with E-state index < -0.39 is 6.68 Å². The molecule has 1 aliphatic rings. The van der Waals surface area contributed by atoms with Gasteiger partial charge in [0.15, 0.2) is 11.5 Å². The van der Waals surface area contributed by atoms with Gasteiger partial charge in [-0.25, -0.2) is 19.9 Å². The van der Waals surface area contributed by atoms with Gasteiger partial charge >= 0.3 is 6.68 Å². The molecule has 0 aliphatic heterocycles. The zero-order valence-corrected chi connectivity index (χ0v) is 15.0. The monoisotopic (exact) mass is 388 g/mol. The predicted octanol–water partition coefficient (Wildman–Crippen LogP) is 5.75. The summed E-state index contributed by atoms with van der Waals surface area (Å²) in [5.41, 5.74) is 1.69. The van der Waals surface area contributed by atoms with Crippen molar-refractivity contribution >= 4 is 32.6 Å². The van der Waals surface area contributed by atoms with Crippen LogP contribution in [0.5, 0.6) is 0 Å². The van der Waals surface area contributed by atoms with E-state index in [1.54, 1.807) is 12.4 Å². The third-order valence-corrected chi connectivity index (χ3v) is 5.72. The number of hydrogen-bond donors (Lipinski definition) is 0. The predicted molar refractivity (Wildman–Crippen MR) is 99.7 cm³/mol. The summed E-state index contributed by atoms with van der Waals surface area (Å²) in [7, 11) is 0. The van der Waals surface area contributed by atoms with Crippen LogP contribution in [0.3, 0.4) is 0 Å². The van der Waals surface area contributed by atoms with Crippen LogP contribution in [0.1, 0.15) is 30.1 Å². The summed E-state index contributed by atoms with van der Waals surface area (Å²) in [5.74, 6) is 1.48. The fourth-order valence-corrected chi connectivity index (χ4v) is 4.14. The van der Waals surface area contributed by atoms with Gasteiger partial charge < -0.3 is 0 Å². The molecule has 0 unspecified atom stereocenters. The lowest BCUT2D eigenvalue weighted by Gasteiger charge is -2.23. The Morgan fingerprint density at radius 1 is 1.00 bits per heavy atom. The lowest BCUT2D eigenvalue weighted by molar-refractivity contribution is 0.00819. The fraction of sp³-hybridized carbons (Fsp3) is 0.263. The second-order valence-electron chi connectivity index (χ2n) is 6.25. The maximum absolute atomic E-state index is 9.67. The van der Waals surface area contributed by atoms with Gasteiger partial charge in [-0.2, -0.15) is 13.2 Å². The molecule has 8 heteroatoms. The molecule has 0 N–H and O–H groups in total. The Bertz CT molecular complexity index is 1080. The molecular weight excluding hydrogens is 373 g/mol. The van der Waals surface area contributed by atoms with Gasteiger partial charge in [0.2, 0.25) is 0 Å². The van der Waals surface area contributed by atoms with E-state index in [0.29, 0.717) is 0 Å². The zero-order chi connectivity index (χ0) is 18.8. The summed E-state index contributed by atoms with van der Waals surface area (Å²) in [4.78, 5) is 20.5. The molecule has 27 heavy (non-hydrogen) atoms. The average molecular weight is 388 g/mol. The van der Waals surface area contributed by atoms with Crippen molar-refractivity contribution in [2.45, 2.75) is 31.9 Å². The number of thiophene rings is 1. The van der Waals surface area contributed by atoms with Crippen molar-refractivity contribution in [3.8, 4) is 11.4 Å². The summed E-state index contributed by atoms with van der Waals surface area (Å²) in [5, 5.41) is 2.16. The Kier molecular flexibility index (Phi) is 4.98. The molecule has 138 valence electrons. The van der Waals surface area contributed by atoms with Crippen LogP contribution in [0.2, 0.25) is 0 Å². The largest absolute Gasteiger partial charge is 0.379 e. The number of rotatable bonds is 2. The smallest absolute Gasteiger partial charge is 0.237 e. The number of nitrogens with zero attached hydrogens (tertiary/aromatic N) is 4. The van der Waals surface area contributed by atoms with Crippen molar-refractivity contribution in [1.82, 2.24) is 19.9 Å². The zero-order valence-electron chi connectivity index (χ0n) is 14.1. The van der Waals surface area contributed by atoms with Gasteiger partial charge in [-0.15, -0.1) is 11.3 Å². The van der Waals surface area contributed by atoms with E-state index in [9.17, 15) is 13.2 Å². The highest BCUT2D eigenvalue weighted by molar-refractivity contribution is 7.18. The lowest BCUT2D eigenvalue weighted by atomic mass is 9.84. The van der Waals surface area contributed by atoms with E-state index in [2.05, 4.69) is 27.1 Å². The summed E-state index contributed by atoms with van der Waals surface area (Å²) >= 11 is 1.81. The second-order valence-corrected chi connectivity index (χ2v) is 7.31. The molecule has 4 heterocycles. The first-order valence-corrected chi connectivity index (χ1v) is 9.31. The van der Waals surface area contributed by atoms with Crippen LogP contribution in [-0.2, 0) is 0 Å². The van der Waals surface area contributed by atoms with Crippen LogP contribution in [-0.4, -0.2) is 26.6 Å². The second kappa shape index (κ2) is 7.56. The number of pyridine rings is 2. The Balaban J connectivity index is 0.000000413. The van der Waals surface area contributed by atoms with Gasteiger partial charge in [0.05, 0.1) is 0 Å². The molecule has 0 saturated heterocycles. The van der Waals surface area contributed by atoms with Gasteiger partial charge in [0.25, 0.3) is 0 Å². The van der Waals surface area contributed by atoms with Crippen molar-refractivity contribution in [2.24, 2.45) is 0 Å². The summed E-state index contributed by atoms with van der Waals surface area (Å²) in [6, 6.07) is 8.24. The molecule has 1 fully saturated rings. The quantitative estimate of drug-likeness (QED) is 0.439. The van der Waals surface area contributed by atoms with Crippen molar-refractivity contribution < 1.29 is 13.2 Å². The van der Waals surface area contributed by atoms with E-state index in [0.717, 1.165) is 38.6 Å². The SMILES string of the molecule is FC(F)F.c1cnc2ncc(-c3ncc4cc(C5CCC5)sc4n3)cc2c1. The Morgan fingerprint density at radius 3 is 2.56 bits per heavy atom. The molecule has 4 aromatic heterocycles. The molecule has 0 atom stereocenters. The Hall–Kier alpha value is -2.61. The molecule has 0 radical (unpaired) electrons. The maximum Gasteiger partial charge on any atom is 0.379 e. The van der Waals surface area contributed by atoms with E-state index in [1.165, 1.54) is 24.1 Å². The minimum Gasteiger partial charge on any atom is -0.237 e. The van der Waals surface area contributed by atoms with Crippen LogP contribution in [0, 0.1) is 0 Å². The van der Waals surface area contributed by atoms with Crippen molar-refractivity contribution in [3.05, 3.63) is 47.7 Å². The third-order valence-electron chi connectivity index (χ3n) is 4.51. The highest BCUT2D eigenvalue weighted by atomic mass is 32.1. The number of alkyl halides is 3. The first-order chi connectivity index (χ1) is 13.1. The third kappa shape index (κ3) is 3.90. The first-order valence-electron chi connectivity index (χ1n) is 8.50. The number of halogens is 3. The number of fused-ring (bicyclic) bond motifs is 2. The van der Waals surface area contributed by atoms with Crippen molar-refractivity contribution in [2.75, 3.05) is 0 Å². The normalized spacial score (nSPS) is 14.2. The lowest BCUT2D eigenvalue weighted by Crippen LogP contribution is -2.06. The molecular formula is C19H15F3N4S. The minimum absolute atomic E-state index is 0.734. The number of aromatic nitrogens is 4. The fourth-order valence-electron chi connectivity index (χ4n) is 2.97. The van der Waals surface area contributed by atoms with Crippen LogP contribution in [0.15, 0.2) is 42.9 Å². The van der Waals surface area contributed by atoms with E-state index in [-0.39, 0.29) is 0 Å². The van der Waals surface area contributed by atoms with Gasteiger partial charge in [-0.05, 0) is 43.0 Å². The topological polar surface area (TPSA) is 51.6 Å². The molecule has 0 spiro atoms. The molecule has 0 bridgehead atoms. The molecule has 1 saturated carbocycles. The van der Waals surface area contributed by atoms with Crippen LogP contribution in [0.4, 0.5) is 13.2 Å². The first kappa shape index (κ1) is 17.8. The summed E-state index contributed by atoms with van der Waals surface area (Å²) in [6.45, 7) is -3.67. The minimum atomic E-state index is -3.67. The van der Waals surface area contributed by atoms with Crippen LogP contribution >= 0.6 is 11.3 Å². The van der Waals surface area contributed by atoms with E-state index >= 15 is 0 Å². The average Bonchev–Trinajstić information content (AvgIpc) is 3.01. The maximum atomic E-state index is 9.67. The van der Waals surface area contributed by atoms with Gasteiger partial charge in [-0.1, -0.05) is 6.42 Å². The van der Waals surface area contributed by atoms with Gasteiger partial charge in [0.1, 0.15) is 4.83 Å². The Labute approximate surface area is 157 Å². The standard InChI is InChI=1S/C18H14N4S.CHF3/c1-3-11(4-1)15-8-14-10-21-17(22-18(14)23-15)13-7-12-5-2-6-19-16(12)20-9-13;2-1(3)4/h2,5-11H,1,3-4H2;1H. The molecule has 0 aromatic carbocycles. The highest BCUT2D eigenvalue weighted by Gasteiger charge is 2.22. The van der Waals surface area contributed by atoms with Crippen molar-refractivity contribution in [3.63, 3.8) is 0 Å². The molecule has 1 aliphatic carbocycles. The molecule has 4 nitrogen and oxygen atoms in total. The highest BCUT2D eigenvalue weighted by Crippen LogP contribution is 2.41. The summed E-state index contributed by atoms with van der Waals surface area (Å²) < 4.78 is 29.0. The van der Waals surface area contributed by atoms with E-state index in [1.807, 2.05) is 29.7 Å². The van der Waals surface area contributed by atoms with Gasteiger partial charge in [-0.3, -0.25) is 0 Å². The van der Waals surface area contributed by atoms with Crippen molar-refractivity contribution in [1.29, 1.82) is 0 Å². The molecule has 4 aromatic rings. The number of hydrogen-bond acceptors (Lipinski definition) is 5. The molecule has 5 rings (SSSR count). The summed E-state index contributed by atoms with van der Waals surface area (Å²) in [6.07, 6.45) is 9.47. The van der Waals surface area contributed by atoms with E-state index in [4.69, 9.17) is 4.98 Å². The van der Waals surface area contributed by atoms with Gasteiger partial charge in [0, 0.05) is 39.8 Å². The van der Waals surface area contributed by atoms with Crippen LogP contribution in [0.25, 0.3) is 32.6 Å². The Morgan fingerprint density at radius 2 is 1.81 bits per heavy atom.